The maximum absolute atomic E-state index is 9.48. The Bertz CT molecular complexity index is 118. The van der Waals surface area contributed by atoms with Crippen LogP contribution in [0.15, 0.2) is 0 Å². The van der Waals surface area contributed by atoms with E-state index in [1.807, 2.05) is 13.8 Å². The second kappa shape index (κ2) is 5.69. The van der Waals surface area contributed by atoms with Gasteiger partial charge in [-0.2, -0.15) is 0 Å². The van der Waals surface area contributed by atoms with Gasteiger partial charge < -0.3 is 15.3 Å². The highest BCUT2D eigenvalue weighted by Gasteiger charge is 2.26. The van der Waals surface area contributed by atoms with Gasteiger partial charge in [-0.3, -0.25) is 0 Å². The van der Waals surface area contributed by atoms with Crippen LogP contribution in [0.2, 0.25) is 12.1 Å². The highest BCUT2D eigenvalue weighted by atomic mass is 28.4. The molecule has 0 aliphatic heterocycles. The van der Waals surface area contributed by atoms with Gasteiger partial charge in [-0.15, -0.1) is 0 Å². The van der Waals surface area contributed by atoms with Crippen LogP contribution < -0.4 is 5.73 Å². The maximum atomic E-state index is 9.48. The zero-order chi connectivity index (χ0) is 9.61. The first-order valence-corrected chi connectivity index (χ1v) is 6.99. The van der Waals surface area contributed by atoms with Gasteiger partial charge in [0.25, 0.3) is 0 Å². The minimum Gasteiger partial charge on any atom is -0.411 e. The Kier molecular flexibility index (Phi) is 5.74. The van der Waals surface area contributed by atoms with Crippen LogP contribution >= 0.6 is 0 Å². The normalized spacial score (nSPS) is 14.8. The summed E-state index contributed by atoms with van der Waals surface area (Å²) in [7, 11) is -2.83. The fraction of sp³-hybridized carbons (Fsp3) is 1.00. The van der Waals surface area contributed by atoms with Gasteiger partial charge in [0.05, 0.1) is 0 Å². The van der Waals surface area contributed by atoms with Crippen molar-refractivity contribution in [3.63, 3.8) is 0 Å². The van der Waals surface area contributed by atoms with Gasteiger partial charge in [-0.05, 0) is 31.9 Å². The summed E-state index contributed by atoms with van der Waals surface area (Å²) in [6, 6.07) is 1.34. The van der Waals surface area contributed by atoms with Crippen LogP contribution in [0.25, 0.3) is 0 Å². The quantitative estimate of drug-likeness (QED) is 0.548. The van der Waals surface area contributed by atoms with Crippen molar-refractivity contribution in [3.8, 4) is 0 Å². The van der Waals surface area contributed by atoms with Crippen molar-refractivity contribution in [3.05, 3.63) is 0 Å². The molecule has 0 aromatic carbocycles. The zero-order valence-corrected chi connectivity index (χ0v) is 9.08. The second-order valence-electron chi connectivity index (χ2n) is 3.60. The van der Waals surface area contributed by atoms with Crippen molar-refractivity contribution in [2.45, 2.75) is 51.2 Å². The van der Waals surface area contributed by atoms with Gasteiger partial charge in [0.2, 0.25) is 0 Å². The van der Waals surface area contributed by atoms with Crippen LogP contribution in [-0.4, -0.2) is 24.2 Å². The average molecular weight is 191 g/mol. The van der Waals surface area contributed by atoms with E-state index in [1.165, 1.54) is 0 Å². The first kappa shape index (κ1) is 12.1. The monoisotopic (exact) mass is 191 g/mol. The Morgan fingerprint density at radius 3 is 2.33 bits per heavy atom. The van der Waals surface area contributed by atoms with Crippen molar-refractivity contribution in [2.24, 2.45) is 5.73 Å². The largest absolute Gasteiger partial charge is 0.411 e. The molecule has 0 rings (SSSR count). The van der Waals surface area contributed by atoms with E-state index in [2.05, 4.69) is 0 Å². The van der Waals surface area contributed by atoms with E-state index >= 15 is 0 Å². The van der Waals surface area contributed by atoms with E-state index in [0.717, 1.165) is 19.3 Å². The smallest absolute Gasteiger partial charge is 0.332 e. The van der Waals surface area contributed by atoms with Crippen LogP contribution in [0.1, 0.15) is 33.1 Å². The second-order valence-corrected chi connectivity index (χ2v) is 6.57. The summed E-state index contributed by atoms with van der Waals surface area (Å²) < 4.78 is 0. The van der Waals surface area contributed by atoms with Crippen LogP contribution in [0.5, 0.6) is 0 Å². The van der Waals surface area contributed by atoms with Gasteiger partial charge in [-0.25, -0.2) is 0 Å². The minimum absolute atomic E-state index is 0.177. The Morgan fingerprint density at radius 2 is 1.92 bits per heavy atom. The van der Waals surface area contributed by atoms with Crippen LogP contribution in [0.4, 0.5) is 0 Å². The fourth-order valence-electron chi connectivity index (χ4n) is 1.23. The Morgan fingerprint density at radius 1 is 1.33 bits per heavy atom. The number of nitrogens with two attached hydrogens (primary N) is 1. The first-order chi connectivity index (χ1) is 5.48. The maximum Gasteiger partial charge on any atom is 0.332 e. The lowest BCUT2D eigenvalue weighted by Gasteiger charge is -2.17. The Labute approximate surface area is 75.8 Å². The molecule has 0 amide bonds. The minimum atomic E-state index is -2.83. The van der Waals surface area contributed by atoms with E-state index in [4.69, 9.17) is 5.73 Å². The van der Waals surface area contributed by atoms with Gasteiger partial charge in [0, 0.05) is 6.04 Å². The van der Waals surface area contributed by atoms with Gasteiger partial charge in [-0.1, -0.05) is 13.3 Å². The molecule has 0 aromatic heterocycles. The third kappa shape index (κ3) is 6.79. The SMILES string of the molecule is CCC[Si](O)(O)CCCC(C)N. The van der Waals surface area contributed by atoms with Crippen LogP contribution in [0.3, 0.4) is 0 Å². The molecule has 1 unspecified atom stereocenters. The van der Waals surface area contributed by atoms with Crippen molar-refractivity contribution in [1.29, 1.82) is 0 Å². The molecule has 0 spiro atoms. The summed E-state index contributed by atoms with van der Waals surface area (Å²) in [4.78, 5) is 19.0. The highest BCUT2D eigenvalue weighted by molar-refractivity contribution is 6.64. The fourth-order valence-corrected chi connectivity index (χ4v) is 3.05. The molecule has 0 heterocycles. The topological polar surface area (TPSA) is 66.5 Å². The molecule has 1 atom stereocenters. The van der Waals surface area contributed by atoms with Crippen molar-refractivity contribution in [1.82, 2.24) is 0 Å². The van der Waals surface area contributed by atoms with Gasteiger partial charge in [0.1, 0.15) is 0 Å². The molecule has 0 radical (unpaired) electrons. The van der Waals surface area contributed by atoms with Gasteiger partial charge >= 0.3 is 8.56 Å². The molecule has 0 aliphatic carbocycles. The number of hydrogen-bond donors (Lipinski definition) is 3. The Balaban J connectivity index is 3.46. The molecule has 0 aliphatic rings. The molecule has 4 heteroatoms. The molecule has 0 fully saturated rings. The van der Waals surface area contributed by atoms with Crippen molar-refractivity contribution < 1.29 is 9.59 Å². The molecule has 0 saturated carbocycles. The lowest BCUT2D eigenvalue weighted by atomic mass is 10.2. The molecule has 3 nitrogen and oxygen atoms in total. The predicted octanol–water partition coefficient (Wildman–Crippen LogP) is 0.951. The van der Waals surface area contributed by atoms with Crippen LogP contribution in [0, 0.1) is 0 Å². The molecule has 0 bridgehead atoms. The Hall–Kier alpha value is 0.0969. The van der Waals surface area contributed by atoms with E-state index in [0.29, 0.717) is 12.1 Å². The lowest BCUT2D eigenvalue weighted by Crippen LogP contribution is -2.34. The van der Waals surface area contributed by atoms with E-state index < -0.39 is 8.56 Å². The summed E-state index contributed by atoms with van der Waals surface area (Å²) in [6.45, 7) is 3.91. The molecule has 4 N–H and O–H groups in total. The average Bonchev–Trinajstić information content (AvgIpc) is 1.85. The third-order valence-corrected chi connectivity index (χ3v) is 4.34. The highest BCUT2D eigenvalue weighted by Crippen LogP contribution is 2.14. The summed E-state index contributed by atoms with van der Waals surface area (Å²) in [5, 5.41) is 0. The molecule has 0 saturated heterocycles. The van der Waals surface area contributed by atoms with E-state index in [-0.39, 0.29) is 6.04 Å². The number of hydrogen-bond acceptors (Lipinski definition) is 3. The predicted molar refractivity (Wildman–Crippen MR) is 53.0 cm³/mol. The summed E-state index contributed by atoms with van der Waals surface area (Å²) in [6.07, 6.45) is 2.59. The molecule has 74 valence electrons. The summed E-state index contributed by atoms with van der Waals surface area (Å²) in [5.74, 6) is 0. The van der Waals surface area contributed by atoms with E-state index in [1.54, 1.807) is 0 Å². The van der Waals surface area contributed by atoms with Crippen LogP contribution in [-0.2, 0) is 0 Å². The summed E-state index contributed by atoms with van der Waals surface area (Å²) in [5.41, 5.74) is 5.55. The van der Waals surface area contributed by atoms with Gasteiger partial charge in [0.15, 0.2) is 0 Å². The number of rotatable bonds is 6. The molecular formula is C8H21NO2Si. The molecular weight excluding hydrogens is 170 g/mol. The standard InChI is InChI=1S/C8H21NO2Si/c1-3-6-12(10,11)7-4-5-8(2)9/h8,10-11H,3-7,9H2,1-2H3. The van der Waals surface area contributed by atoms with Crippen molar-refractivity contribution >= 4 is 8.56 Å². The first-order valence-electron chi connectivity index (χ1n) is 4.68. The third-order valence-electron chi connectivity index (χ3n) is 1.89. The van der Waals surface area contributed by atoms with E-state index in [9.17, 15) is 9.59 Å². The molecule has 0 aromatic rings. The molecule has 12 heavy (non-hydrogen) atoms. The zero-order valence-electron chi connectivity index (χ0n) is 8.08. The lowest BCUT2D eigenvalue weighted by molar-refractivity contribution is 0.352. The summed E-state index contributed by atoms with van der Waals surface area (Å²) >= 11 is 0. The van der Waals surface area contributed by atoms with Crippen molar-refractivity contribution in [2.75, 3.05) is 0 Å².